The molecule has 2 rings (SSSR count). The fourth-order valence-corrected chi connectivity index (χ4v) is 2.47. The Hall–Kier alpha value is -2.16. The highest BCUT2D eigenvalue weighted by molar-refractivity contribution is 14.0. The van der Waals surface area contributed by atoms with Crippen LogP contribution in [0.5, 0.6) is 17.2 Å². The quantitative estimate of drug-likeness (QED) is 0.248. The van der Waals surface area contributed by atoms with E-state index in [4.69, 9.17) is 14.2 Å². The van der Waals surface area contributed by atoms with Crippen LogP contribution in [-0.4, -0.2) is 46.9 Å². The number of benzene rings is 2. The molecule has 2 N–H and O–H groups in total. The lowest BCUT2D eigenvalue weighted by Gasteiger charge is -2.13. The van der Waals surface area contributed by atoms with Crippen molar-refractivity contribution in [1.82, 2.24) is 10.6 Å². The molecule has 2 aromatic rings. The minimum atomic E-state index is 0. The average Bonchev–Trinajstić information content (AvgIpc) is 2.70. The van der Waals surface area contributed by atoms with Gasteiger partial charge in [0.25, 0.3) is 0 Å². The highest BCUT2D eigenvalue weighted by Gasteiger charge is 2.03. The van der Waals surface area contributed by atoms with Crippen molar-refractivity contribution in [1.29, 1.82) is 0 Å². The molecular weight excluding hydrogens is 457 g/mol. The summed E-state index contributed by atoms with van der Waals surface area (Å²) in [4.78, 5) is 4.22. The number of halogens is 1. The maximum Gasteiger partial charge on any atom is 0.191 e. The van der Waals surface area contributed by atoms with Gasteiger partial charge in [0.1, 0.15) is 23.9 Å². The third-order valence-corrected chi connectivity index (χ3v) is 3.81. The minimum Gasteiger partial charge on any atom is -0.497 e. The molecule has 6 nitrogen and oxygen atoms in total. The molecule has 0 aliphatic rings. The lowest BCUT2D eigenvalue weighted by molar-refractivity contribution is 0.319. The SMILES string of the molecule is CN=C(NCCOc1cccc(OC)c1)NCCc1ccccc1OC.I. The minimum absolute atomic E-state index is 0. The van der Waals surface area contributed by atoms with Gasteiger partial charge >= 0.3 is 0 Å². The lowest BCUT2D eigenvalue weighted by atomic mass is 10.1. The van der Waals surface area contributed by atoms with Gasteiger partial charge in [0, 0.05) is 19.7 Å². The van der Waals surface area contributed by atoms with Gasteiger partial charge in [-0.2, -0.15) is 0 Å². The average molecular weight is 485 g/mol. The van der Waals surface area contributed by atoms with Gasteiger partial charge in [-0.25, -0.2) is 0 Å². The summed E-state index contributed by atoms with van der Waals surface area (Å²) < 4.78 is 16.3. The van der Waals surface area contributed by atoms with Gasteiger partial charge in [-0.1, -0.05) is 24.3 Å². The molecule has 0 aromatic heterocycles. The van der Waals surface area contributed by atoms with Crippen molar-refractivity contribution in [3.63, 3.8) is 0 Å². The second-order valence-corrected chi connectivity index (χ2v) is 5.52. The van der Waals surface area contributed by atoms with E-state index in [0.717, 1.165) is 36.2 Å². The van der Waals surface area contributed by atoms with Gasteiger partial charge in [0.2, 0.25) is 0 Å². The molecule has 0 radical (unpaired) electrons. The number of ether oxygens (including phenoxy) is 3. The third-order valence-electron chi connectivity index (χ3n) is 3.81. The van der Waals surface area contributed by atoms with Crippen LogP contribution in [0.4, 0.5) is 0 Å². The van der Waals surface area contributed by atoms with Crippen LogP contribution in [0.2, 0.25) is 0 Å². The zero-order chi connectivity index (χ0) is 18.6. The van der Waals surface area contributed by atoms with E-state index in [2.05, 4.69) is 21.7 Å². The van der Waals surface area contributed by atoms with Gasteiger partial charge in [-0.15, -0.1) is 24.0 Å². The number of hydrogen-bond donors (Lipinski definition) is 2. The van der Waals surface area contributed by atoms with Crippen LogP contribution in [-0.2, 0) is 6.42 Å². The van der Waals surface area contributed by atoms with Crippen molar-refractivity contribution in [2.24, 2.45) is 4.99 Å². The zero-order valence-electron chi connectivity index (χ0n) is 16.0. The van der Waals surface area contributed by atoms with Crippen molar-refractivity contribution in [3.05, 3.63) is 54.1 Å². The van der Waals surface area contributed by atoms with E-state index in [1.165, 1.54) is 5.56 Å². The molecule has 2 aromatic carbocycles. The summed E-state index contributed by atoms with van der Waals surface area (Å²) in [7, 11) is 5.08. The monoisotopic (exact) mass is 485 g/mol. The van der Waals surface area contributed by atoms with Crippen molar-refractivity contribution < 1.29 is 14.2 Å². The smallest absolute Gasteiger partial charge is 0.191 e. The van der Waals surface area contributed by atoms with Crippen molar-refractivity contribution >= 4 is 29.9 Å². The molecule has 148 valence electrons. The van der Waals surface area contributed by atoms with E-state index in [9.17, 15) is 0 Å². The summed E-state index contributed by atoms with van der Waals surface area (Å²) in [5, 5.41) is 6.53. The molecule has 0 bridgehead atoms. The second kappa shape index (κ2) is 13.1. The van der Waals surface area contributed by atoms with Crippen LogP contribution in [0.15, 0.2) is 53.5 Å². The highest BCUT2D eigenvalue weighted by atomic mass is 127. The van der Waals surface area contributed by atoms with Crippen molar-refractivity contribution in [3.8, 4) is 17.2 Å². The molecule has 0 aliphatic carbocycles. The molecule has 27 heavy (non-hydrogen) atoms. The second-order valence-electron chi connectivity index (χ2n) is 5.52. The van der Waals surface area contributed by atoms with Crippen molar-refractivity contribution in [2.75, 3.05) is 41.0 Å². The first kappa shape index (κ1) is 22.9. The Morgan fingerprint density at radius 2 is 1.67 bits per heavy atom. The van der Waals surface area contributed by atoms with E-state index < -0.39 is 0 Å². The van der Waals surface area contributed by atoms with Crippen LogP contribution in [0.25, 0.3) is 0 Å². The number of rotatable bonds is 9. The van der Waals surface area contributed by atoms with Crippen LogP contribution in [0, 0.1) is 0 Å². The summed E-state index contributed by atoms with van der Waals surface area (Å²) in [6.07, 6.45) is 0.852. The van der Waals surface area contributed by atoms with Crippen LogP contribution in [0.3, 0.4) is 0 Å². The molecule has 0 heterocycles. The summed E-state index contributed by atoms with van der Waals surface area (Å²) in [6.45, 7) is 1.93. The van der Waals surface area contributed by atoms with Crippen LogP contribution < -0.4 is 24.8 Å². The molecule has 0 amide bonds. The Bertz CT molecular complexity index is 710. The molecule has 7 heteroatoms. The van der Waals surface area contributed by atoms with E-state index in [1.807, 2.05) is 42.5 Å². The van der Waals surface area contributed by atoms with Gasteiger partial charge in [0.15, 0.2) is 5.96 Å². The Kier molecular flexibility index (Phi) is 11.1. The first-order valence-corrected chi connectivity index (χ1v) is 8.60. The lowest BCUT2D eigenvalue weighted by Crippen LogP contribution is -2.40. The standard InChI is InChI=1S/C20H27N3O3.HI/c1-21-20(22-12-11-16-7-4-5-10-19(16)25-3)23-13-14-26-18-9-6-8-17(15-18)24-2;/h4-10,15H,11-14H2,1-3H3,(H2,21,22,23);1H. The van der Waals surface area contributed by atoms with Gasteiger partial charge in [-0.3, -0.25) is 4.99 Å². The number of hydrogen-bond acceptors (Lipinski definition) is 4. The van der Waals surface area contributed by atoms with E-state index >= 15 is 0 Å². The maximum absolute atomic E-state index is 5.71. The first-order valence-electron chi connectivity index (χ1n) is 8.60. The number of aliphatic imine (C=N–C) groups is 1. The van der Waals surface area contributed by atoms with E-state index in [0.29, 0.717) is 13.2 Å². The number of nitrogens with zero attached hydrogens (tertiary/aromatic N) is 1. The van der Waals surface area contributed by atoms with Crippen molar-refractivity contribution in [2.45, 2.75) is 6.42 Å². The van der Waals surface area contributed by atoms with Gasteiger partial charge in [-0.05, 0) is 30.2 Å². The molecular formula is C20H28IN3O3. The largest absolute Gasteiger partial charge is 0.497 e. The van der Waals surface area contributed by atoms with Gasteiger partial charge in [0.05, 0.1) is 20.8 Å². The molecule has 0 unspecified atom stereocenters. The maximum atomic E-state index is 5.71. The normalized spacial score (nSPS) is 10.6. The Labute approximate surface area is 178 Å². The summed E-state index contributed by atoms with van der Waals surface area (Å²) in [5.74, 6) is 3.22. The number of guanidine groups is 1. The Morgan fingerprint density at radius 3 is 2.41 bits per heavy atom. The predicted octanol–water partition coefficient (Wildman–Crippen LogP) is 3.11. The molecule has 0 saturated carbocycles. The Morgan fingerprint density at radius 1 is 0.926 bits per heavy atom. The molecule has 0 saturated heterocycles. The number of para-hydroxylation sites is 1. The third kappa shape index (κ3) is 7.94. The van der Waals surface area contributed by atoms with E-state index in [1.54, 1.807) is 21.3 Å². The highest BCUT2D eigenvalue weighted by Crippen LogP contribution is 2.18. The van der Waals surface area contributed by atoms with E-state index in [-0.39, 0.29) is 24.0 Å². The zero-order valence-corrected chi connectivity index (χ0v) is 18.4. The summed E-state index contributed by atoms with van der Waals surface area (Å²) in [6, 6.07) is 15.6. The van der Waals surface area contributed by atoms with Crippen LogP contribution in [0.1, 0.15) is 5.56 Å². The predicted molar refractivity (Wildman–Crippen MR) is 120 cm³/mol. The van der Waals surface area contributed by atoms with Crippen LogP contribution >= 0.6 is 24.0 Å². The number of nitrogens with one attached hydrogen (secondary N) is 2. The Balaban J connectivity index is 0.00000364. The fourth-order valence-electron chi connectivity index (χ4n) is 2.47. The molecule has 0 aliphatic heterocycles. The topological polar surface area (TPSA) is 64.1 Å². The first-order chi connectivity index (χ1) is 12.8. The molecule has 0 spiro atoms. The summed E-state index contributed by atoms with van der Waals surface area (Å²) >= 11 is 0. The number of methoxy groups -OCH3 is 2. The molecule has 0 fully saturated rings. The van der Waals surface area contributed by atoms with Gasteiger partial charge < -0.3 is 24.8 Å². The summed E-state index contributed by atoms with van der Waals surface area (Å²) in [5.41, 5.74) is 1.17. The molecule has 0 atom stereocenters. The fraction of sp³-hybridized carbons (Fsp3) is 0.350.